The fourth-order valence-corrected chi connectivity index (χ4v) is 2.68. The molecule has 1 aliphatic rings. The predicted molar refractivity (Wildman–Crippen MR) is 84.2 cm³/mol. The van der Waals surface area contributed by atoms with E-state index in [2.05, 4.69) is 52.7 Å². The molecule has 0 unspecified atom stereocenters. The van der Waals surface area contributed by atoms with Crippen LogP contribution >= 0.6 is 0 Å². The number of imidazole rings is 1. The van der Waals surface area contributed by atoms with Crippen molar-refractivity contribution in [2.75, 3.05) is 11.4 Å². The second kappa shape index (κ2) is 5.85. The number of hydrogen-bond acceptors (Lipinski definition) is 4. The molecule has 0 atom stereocenters. The van der Waals surface area contributed by atoms with Crippen LogP contribution in [-0.2, 0) is 19.6 Å². The zero-order valence-electron chi connectivity index (χ0n) is 13.0. The molecule has 2 aromatic rings. The molecule has 1 aliphatic heterocycles. The highest BCUT2D eigenvalue weighted by molar-refractivity contribution is 5.43. The Morgan fingerprint density at radius 1 is 1.29 bits per heavy atom. The molecule has 112 valence electrons. The fourth-order valence-electron chi connectivity index (χ4n) is 2.68. The number of fused-ring (bicyclic) bond motifs is 1. The van der Waals surface area contributed by atoms with Gasteiger partial charge in [0, 0.05) is 43.8 Å². The summed E-state index contributed by atoms with van der Waals surface area (Å²) in [5.74, 6) is 2.18. The molecule has 0 aliphatic carbocycles. The molecule has 0 radical (unpaired) electrons. The molecule has 0 aromatic carbocycles. The van der Waals surface area contributed by atoms with E-state index in [1.54, 1.807) is 0 Å². The number of nitrogens with one attached hydrogen (secondary N) is 1. The third-order valence-corrected chi connectivity index (χ3v) is 3.78. The first-order valence-corrected chi connectivity index (χ1v) is 7.58. The first kappa shape index (κ1) is 14.1. The van der Waals surface area contributed by atoms with Crippen molar-refractivity contribution in [1.29, 1.82) is 0 Å². The van der Waals surface area contributed by atoms with Gasteiger partial charge in [0.2, 0.25) is 0 Å². The molecule has 5 nitrogen and oxygen atoms in total. The van der Waals surface area contributed by atoms with Gasteiger partial charge in [0.15, 0.2) is 0 Å². The van der Waals surface area contributed by atoms with Crippen molar-refractivity contribution < 1.29 is 0 Å². The van der Waals surface area contributed by atoms with Gasteiger partial charge in [0.25, 0.3) is 0 Å². The van der Waals surface area contributed by atoms with Crippen molar-refractivity contribution in [2.45, 2.75) is 46.4 Å². The number of nitrogens with zero attached hydrogens (tertiary/aromatic N) is 4. The van der Waals surface area contributed by atoms with Crippen molar-refractivity contribution in [3.8, 4) is 0 Å². The maximum absolute atomic E-state index is 4.70. The molecule has 0 amide bonds. The van der Waals surface area contributed by atoms with Crippen molar-refractivity contribution in [2.24, 2.45) is 0 Å². The van der Waals surface area contributed by atoms with E-state index in [1.165, 1.54) is 5.56 Å². The number of aryl methyl sites for hydroxylation is 1. The summed E-state index contributed by atoms with van der Waals surface area (Å²) in [5, 5.41) is 3.47. The topological polar surface area (TPSA) is 46.0 Å². The molecule has 0 saturated heterocycles. The van der Waals surface area contributed by atoms with Crippen molar-refractivity contribution in [1.82, 2.24) is 19.9 Å². The lowest BCUT2D eigenvalue weighted by atomic mass is 10.2. The van der Waals surface area contributed by atoms with Crippen LogP contribution in [0.4, 0.5) is 5.82 Å². The lowest BCUT2D eigenvalue weighted by Crippen LogP contribution is -2.34. The van der Waals surface area contributed by atoms with Gasteiger partial charge < -0.3 is 14.8 Å². The number of pyridine rings is 1. The smallest absolute Gasteiger partial charge is 0.129 e. The summed E-state index contributed by atoms with van der Waals surface area (Å²) in [4.78, 5) is 11.4. The predicted octanol–water partition coefficient (Wildman–Crippen LogP) is 2.10. The van der Waals surface area contributed by atoms with Crippen LogP contribution in [0, 0.1) is 6.92 Å². The van der Waals surface area contributed by atoms with Gasteiger partial charge >= 0.3 is 0 Å². The van der Waals surface area contributed by atoms with Gasteiger partial charge in [-0.15, -0.1) is 0 Å². The molecular formula is C16H23N5. The average molecular weight is 285 g/mol. The largest absolute Gasteiger partial charge is 0.347 e. The van der Waals surface area contributed by atoms with E-state index in [4.69, 9.17) is 4.98 Å². The van der Waals surface area contributed by atoms with Gasteiger partial charge in [-0.2, -0.15) is 0 Å². The quantitative estimate of drug-likeness (QED) is 0.934. The summed E-state index contributed by atoms with van der Waals surface area (Å²) in [6, 6.07) is 4.84. The lowest BCUT2D eigenvalue weighted by molar-refractivity contribution is 0.554. The lowest BCUT2D eigenvalue weighted by Gasteiger charge is -2.29. The van der Waals surface area contributed by atoms with E-state index in [-0.39, 0.29) is 0 Å². The van der Waals surface area contributed by atoms with Crippen LogP contribution in [-0.4, -0.2) is 27.1 Å². The first-order chi connectivity index (χ1) is 10.1. The van der Waals surface area contributed by atoms with Crippen LogP contribution < -0.4 is 10.2 Å². The van der Waals surface area contributed by atoms with Gasteiger partial charge in [0.05, 0.1) is 6.54 Å². The average Bonchev–Trinajstić information content (AvgIpc) is 2.92. The second-order valence-corrected chi connectivity index (χ2v) is 5.97. The van der Waals surface area contributed by atoms with Crippen molar-refractivity contribution >= 4 is 5.82 Å². The van der Waals surface area contributed by atoms with E-state index < -0.39 is 0 Å². The van der Waals surface area contributed by atoms with E-state index in [9.17, 15) is 0 Å². The third kappa shape index (κ3) is 3.24. The van der Waals surface area contributed by atoms with Crippen molar-refractivity contribution in [3.63, 3.8) is 0 Å². The van der Waals surface area contributed by atoms with Gasteiger partial charge in [-0.05, 0) is 24.6 Å². The molecule has 3 rings (SSSR count). The maximum Gasteiger partial charge on any atom is 0.129 e. The van der Waals surface area contributed by atoms with E-state index in [1.807, 2.05) is 12.4 Å². The summed E-state index contributed by atoms with van der Waals surface area (Å²) in [5.41, 5.74) is 2.36. The molecule has 1 N–H and O–H groups in total. The Kier molecular flexibility index (Phi) is 3.92. The summed E-state index contributed by atoms with van der Waals surface area (Å²) < 4.78 is 2.22. The molecular weight excluding hydrogens is 262 g/mol. The monoisotopic (exact) mass is 285 g/mol. The van der Waals surface area contributed by atoms with Gasteiger partial charge in [-0.1, -0.05) is 13.8 Å². The van der Waals surface area contributed by atoms with Gasteiger partial charge in [0.1, 0.15) is 11.6 Å². The van der Waals surface area contributed by atoms with E-state index >= 15 is 0 Å². The van der Waals surface area contributed by atoms with Crippen LogP contribution in [0.2, 0.25) is 0 Å². The Morgan fingerprint density at radius 3 is 2.95 bits per heavy atom. The van der Waals surface area contributed by atoms with Gasteiger partial charge in [-0.3, -0.25) is 0 Å². The standard InChI is InChI=1S/C16H23N5/c1-12(2)18-10-14-8-13(3)19-15(9-14)21-7-6-20-5-4-17-16(20)11-21/h4-5,8-9,12,18H,6-7,10-11H2,1-3H3. The minimum absolute atomic E-state index is 0.490. The Morgan fingerprint density at radius 2 is 2.14 bits per heavy atom. The summed E-state index contributed by atoms with van der Waals surface area (Å²) >= 11 is 0. The Balaban J connectivity index is 1.79. The van der Waals surface area contributed by atoms with E-state index in [0.29, 0.717) is 6.04 Å². The van der Waals surface area contributed by atoms with Crippen LogP contribution in [0.5, 0.6) is 0 Å². The van der Waals surface area contributed by atoms with Gasteiger partial charge in [-0.25, -0.2) is 9.97 Å². The number of anilines is 1. The molecule has 5 heteroatoms. The second-order valence-electron chi connectivity index (χ2n) is 5.97. The van der Waals surface area contributed by atoms with Crippen LogP contribution in [0.3, 0.4) is 0 Å². The summed E-state index contributed by atoms with van der Waals surface area (Å²) in [6.45, 7) is 10.1. The minimum atomic E-state index is 0.490. The zero-order valence-corrected chi connectivity index (χ0v) is 13.0. The Hall–Kier alpha value is -1.88. The van der Waals surface area contributed by atoms with Crippen molar-refractivity contribution in [3.05, 3.63) is 41.6 Å². The van der Waals surface area contributed by atoms with E-state index in [0.717, 1.165) is 43.5 Å². The number of rotatable bonds is 4. The SMILES string of the molecule is Cc1cc(CNC(C)C)cc(N2CCn3ccnc3C2)n1. The summed E-state index contributed by atoms with van der Waals surface area (Å²) in [7, 11) is 0. The fraction of sp³-hybridized carbons (Fsp3) is 0.500. The molecule has 0 bridgehead atoms. The maximum atomic E-state index is 4.70. The molecule has 0 saturated carbocycles. The Labute approximate surface area is 126 Å². The molecule has 0 spiro atoms. The number of hydrogen-bond donors (Lipinski definition) is 1. The summed E-state index contributed by atoms with van der Waals surface area (Å²) in [6.07, 6.45) is 3.93. The molecule has 3 heterocycles. The molecule has 0 fully saturated rings. The normalized spacial score (nSPS) is 14.6. The van der Waals surface area contributed by atoms with Crippen LogP contribution in [0.1, 0.15) is 30.9 Å². The minimum Gasteiger partial charge on any atom is -0.347 e. The highest BCUT2D eigenvalue weighted by Crippen LogP contribution is 2.20. The highest BCUT2D eigenvalue weighted by atomic mass is 15.3. The first-order valence-electron chi connectivity index (χ1n) is 7.58. The zero-order chi connectivity index (χ0) is 14.8. The van der Waals surface area contributed by atoms with Crippen LogP contribution in [0.15, 0.2) is 24.5 Å². The molecule has 2 aromatic heterocycles. The highest BCUT2D eigenvalue weighted by Gasteiger charge is 2.18. The van der Waals surface area contributed by atoms with Crippen LogP contribution in [0.25, 0.3) is 0 Å². The Bertz CT molecular complexity index is 617. The molecule has 21 heavy (non-hydrogen) atoms. The third-order valence-electron chi connectivity index (χ3n) is 3.78. The number of aromatic nitrogens is 3.